The van der Waals surface area contributed by atoms with E-state index in [0.29, 0.717) is 18.4 Å². The summed E-state index contributed by atoms with van der Waals surface area (Å²) in [5.74, 6) is 0.960. The van der Waals surface area contributed by atoms with Crippen LogP contribution in [0.2, 0.25) is 0 Å². The fourth-order valence-corrected chi connectivity index (χ4v) is 2.33. The fraction of sp³-hybridized carbons (Fsp3) is 0.875. The predicted molar refractivity (Wildman–Crippen MR) is 41.8 cm³/mol. The number of piperidine rings is 1. The van der Waals surface area contributed by atoms with E-state index in [9.17, 15) is 9.90 Å². The highest BCUT2D eigenvalue weighted by Crippen LogP contribution is 2.50. The first-order chi connectivity index (χ1) is 5.61. The van der Waals surface area contributed by atoms with E-state index in [0.717, 1.165) is 6.42 Å². The summed E-state index contributed by atoms with van der Waals surface area (Å²) in [6.07, 6.45) is -0.328. The molecule has 2 fully saturated rings. The number of carbonyl (C=O) groups is 1. The van der Waals surface area contributed by atoms with Gasteiger partial charge in [-0.3, -0.25) is 0 Å². The lowest BCUT2D eigenvalue weighted by molar-refractivity contribution is 0.0652. The molecule has 0 radical (unpaired) electrons. The Labute approximate surface area is 70.8 Å². The lowest BCUT2D eigenvalue weighted by Crippen LogP contribution is -2.43. The first-order valence-electron chi connectivity index (χ1n) is 4.29. The highest BCUT2D eigenvalue weighted by molar-refractivity contribution is 5.66. The molecule has 1 saturated heterocycles. The fourth-order valence-electron chi connectivity index (χ4n) is 2.33. The first-order valence-corrected chi connectivity index (χ1v) is 4.29. The molecule has 68 valence electrons. The normalized spacial score (nSPS) is 40.8. The minimum Gasteiger partial charge on any atom is -0.465 e. The summed E-state index contributed by atoms with van der Waals surface area (Å²) >= 11 is 0. The van der Waals surface area contributed by atoms with Crippen LogP contribution in [0, 0.1) is 11.8 Å². The maximum absolute atomic E-state index is 10.7. The third-order valence-electron chi connectivity index (χ3n) is 2.95. The van der Waals surface area contributed by atoms with Crippen molar-refractivity contribution < 1.29 is 15.0 Å². The zero-order valence-electron chi connectivity index (χ0n) is 6.97. The van der Waals surface area contributed by atoms with Crippen LogP contribution >= 0.6 is 0 Å². The van der Waals surface area contributed by atoms with Gasteiger partial charge >= 0.3 is 6.09 Å². The van der Waals surface area contributed by atoms with Gasteiger partial charge in [-0.05, 0) is 25.2 Å². The molecule has 0 spiro atoms. The Balaban J connectivity index is 2.11. The van der Waals surface area contributed by atoms with E-state index in [1.54, 1.807) is 6.92 Å². The van der Waals surface area contributed by atoms with Gasteiger partial charge < -0.3 is 15.1 Å². The molecular weight excluding hydrogens is 158 g/mol. The third-order valence-corrected chi connectivity index (χ3v) is 2.95. The molecule has 12 heavy (non-hydrogen) atoms. The SMILES string of the molecule is CC(O)C1C2CC2CN1C(=O)O. The third kappa shape index (κ3) is 0.982. The molecule has 0 aromatic heterocycles. The van der Waals surface area contributed by atoms with Crippen LogP contribution in [-0.4, -0.2) is 39.9 Å². The number of aliphatic hydroxyl groups excluding tert-OH is 1. The van der Waals surface area contributed by atoms with Crippen LogP contribution in [0.4, 0.5) is 4.79 Å². The zero-order chi connectivity index (χ0) is 8.88. The highest BCUT2D eigenvalue weighted by Gasteiger charge is 2.55. The van der Waals surface area contributed by atoms with E-state index in [2.05, 4.69) is 0 Å². The molecule has 0 aromatic rings. The van der Waals surface area contributed by atoms with Gasteiger partial charge in [0.1, 0.15) is 0 Å². The van der Waals surface area contributed by atoms with E-state index < -0.39 is 12.2 Å². The highest BCUT2D eigenvalue weighted by atomic mass is 16.4. The molecule has 2 N–H and O–H groups in total. The molecule has 2 aliphatic rings. The number of fused-ring (bicyclic) bond motifs is 1. The molecule has 1 aliphatic heterocycles. The minimum atomic E-state index is -0.895. The Kier molecular flexibility index (Phi) is 1.54. The van der Waals surface area contributed by atoms with E-state index in [4.69, 9.17) is 5.11 Å². The van der Waals surface area contributed by atoms with Crippen molar-refractivity contribution in [1.82, 2.24) is 4.90 Å². The lowest BCUT2D eigenvalue weighted by atomic mass is 10.1. The minimum absolute atomic E-state index is 0.146. The molecule has 2 rings (SSSR count). The summed E-state index contributed by atoms with van der Waals surface area (Å²) in [6, 6.07) is -0.146. The summed E-state index contributed by atoms with van der Waals surface area (Å²) in [5, 5.41) is 18.1. The second kappa shape index (κ2) is 2.36. The van der Waals surface area contributed by atoms with Crippen LogP contribution in [0.1, 0.15) is 13.3 Å². The standard InChI is InChI=1S/C8H13NO3/c1-4(10)7-6-2-5(6)3-9(7)8(11)12/h4-7,10H,2-3H2,1H3,(H,11,12). The molecule has 1 heterocycles. The monoisotopic (exact) mass is 171 g/mol. The van der Waals surface area contributed by atoms with Gasteiger partial charge in [0.25, 0.3) is 0 Å². The average molecular weight is 171 g/mol. The molecule has 4 heteroatoms. The molecular formula is C8H13NO3. The van der Waals surface area contributed by atoms with Crippen molar-refractivity contribution in [3.63, 3.8) is 0 Å². The van der Waals surface area contributed by atoms with E-state index in [1.807, 2.05) is 0 Å². The van der Waals surface area contributed by atoms with Gasteiger partial charge in [0.2, 0.25) is 0 Å². The van der Waals surface area contributed by atoms with Crippen molar-refractivity contribution in [1.29, 1.82) is 0 Å². The number of carboxylic acid groups (broad SMARTS) is 1. The molecule has 4 atom stereocenters. The van der Waals surface area contributed by atoms with Crippen molar-refractivity contribution in [3.05, 3.63) is 0 Å². The summed E-state index contributed by atoms with van der Waals surface area (Å²) in [4.78, 5) is 12.1. The van der Waals surface area contributed by atoms with Crippen LogP contribution < -0.4 is 0 Å². The Morgan fingerprint density at radius 3 is 2.75 bits per heavy atom. The van der Waals surface area contributed by atoms with Crippen LogP contribution in [0.15, 0.2) is 0 Å². The second-order valence-corrected chi connectivity index (χ2v) is 3.83. The van der Waals surface area contributed by atoms with Crippen LogP contribution in [-0.2, 0) is 0 Å². The van der Waals surface area contributed by atoms with Gasteiger partial charge in [0.05, 0.1) is 12.1 Å². The molecule has 1 amide bonds. The molecule has 1 saturated carbocycles. The van der Waals surface area contributed by atoms with Gasteiger partial charge in [-0.2, -0.15) is 0 Å². The van der Waals surface area contributed by atoms with Crippen molar-refractivity contribution in [2.45, 2.75) is 25.5 Å². The van der Waals surface area contributed by atoms with Gasteiger partial charge in [-0.25, -0.2) is 4.79 Å². The van der Waals surface area contributed by atoms with Crippen LogP contribution in [0.5, 0.6) is 0 Å². The van der Waals surface area contributed by atoms with Crippen molar-refractivity contribution in [2.24, 2.45) is 11.8 Å². The largest absolute Gasteiger partial charge is 0.465 e. The Morgan fingerprint density at radius 2 is 2.33 bits per heavy atom. The van der Waals surface area contributed by atoms with E-state index >= 15 is 0 Å². The number of amides is 1. The molecule has 4 nitrogen and oxygen atoms in total. The summed E-state index contributed by atoms with van der Waals surface area (Å²) in [7, 11) is 0. The van der Waals surface area contributed by atoms with Crippen molar-refractivity contribution in [3.8, 4) is 0 Å². The van der Waals surface area contributed by atoms with E-state index in [-0.39, 0.29) is 6.04 Å². The summed E-state index contributed by atoms with van der Waals surface area (Å²) in [5.41, 5.74) is 0. The van der Waals surface area contributed by atoms with Crippen molar-refractivity contribution in [2.75, 3.05) is 6.54 Å². The van der Waals surface area contributed by atoms with Crippen LogP contribution in [0.3, 0.4) is 0 Å². The first kappa shape index (κ1) is 7.86. The maximum atomic E-state index is 10.7. The van der Waals surface area contributed by atoms with E-state index in [1.165, 1.54) is 4.90 Å². The summed E-state index contributed by atoms with van der Waals surface area (Å²) in [6.45, 7) is 2.29. The smallest absolute Gasteiger partial charge is 0.407 e. The summed E-state index contributed by atoms with van der Waals surface area (Å²) < 4.78 is 0. The number of rotatable bonds is 1. The number of hydrogen-bond donors (Lipinski definition) is 2. The van der Waals surface area contributed by atoms with Gasteiger partial charge in [-0.15, -0.1) is 0 Å². The van der Waals surface area contributed by atoms with Gasteiger partial charge in [0, 0.05) is 6.54 Å². The van der Waals surface area contributed by atoms with Gasteiger partial charge in [0.15, 0.2) is 0 Å². The molecule has 0 bridgehead atoms. The lowest BCUT2D eigenvalue weighted by Gasteiger charge is -2.26. The van der Waals surface area contributed by atoms with Crippen molar-refractivity contribution >= 4 is 6.09 Å². The molecule has 4 unspecified atom stereocenters. The van der Waals surface area contributed by atoms with Gasteiger partial charge in [-0.1, -0.05) is 0 Å². The Morgan fingerprint density at radius 1 is 1.67 bits per heavy atom. The average Bonchev–Trinajstić information content (AvgIpc) is 2.60. The number of likely N-dealkylation sites (tertiary alicyclic amines) is 1. The predicted octanol–water partition coefficient (Wildman–Crippen LogP) is 0.366. The Bertz CT molecular complexity index is 216. The number of nitrogens with zero attached hydrogens (tertiary/aromatic N) is 1. The Hall–Kier alpha value is -0.770. The maximum Gasteiger partial charge on any atom is 0.407 e. The second-order valence-electron chi connectivity index (χ2n) is 3.83. The quantitative estimate of drug-likeness (QED) is 0.599. The topological polar surface area (TPSA) is 60.8 Å². The zero-order valence-corrected chi connectivity index (χ0v) is 6.97. The number of hydrogen-bond acceptors (Lipinski definition) is 2. The number of aliphatic hydroxyl groups is 1. The molecule has 1 aliphatic carbocycles. The van der Waals surface area contributed by atoms with Crippen LogP contribution in [0.25, 0.3) is 0 Å². The molecule has 0 aromatic carbocycles.